The van der Waals surface area contributed by atoms with Crippen molar-refractivity contribution < 1.29 is 17.6 Å². The van der Waals surface area contributed by atoms with Crippen molar-refractivity contribution >= 4 is 12.4 Å². The molecule has 0 amide bonds. The summed E-state index contributed by atoms with van der Waals surface area (Å²) in [5.41, 5.74) is 4.31. The number of benzene rings is 1. The maximum atomic E-state index is 13.0. The molecule has 0 aliphatic carbocycles. The van der Waals surface area contributed by atoms with Crippen LogP contribution in [-0.4, -0.2) is 0 Å². The molecule has 1 atom stereocenters. The second-order valence-electron chi connectivity index (χ2n) is 3.02. The predicted molar refractivity (Wildman–Crippen MR) is 51.3 cm³/mol. The van der Waals surface area contributed by atoms with E-state index in [0.717, 1.165) is 12.1 Å². The average Bonchev–Trinajstić information content (AvgIpc) is 2.02. The highest BCUT2D eigenvalue weighted by Gasteiger charge is 2.31. The van der Waals surface area contributed by atoms with Gasteiger partial charge in [0.1, 0.15) is 5.82 Å². The first-order chi connectivity index (χ1) is 6.32. The van der Waals surface area contributed by atoms with Gasteiger partial charge in [0, 0.05) is 11.6 Å². The van der Waals surface area contributed by atoms with E-state index in [1.165, 1.54) is 6.92 Å². The zero-order chi connectivity index (χ0) is 10.9. The highest BCUT2D eigenvalue weighted by molar-refractivity contribution is 5.85. The normalized spacial score (nSPS) is 13.2. The van der Waals surface area contributed by atoms with Crippen molar-refractivity contribution in [1.82, 2.24) is 0 Å². The van der Waals surface area contributed by atoms with Gasteiger partial charge in [0.25, 0.3) is 0 Å². The molecule has 0 saturated carbocycles. The van der Waals surface area contributed by atoms with Gasteiger partial charge in [-0.15, -0.1) is 12.4 Å². The van der Waals surface area contributed by atoms with E-state index in [9.17, 15) is 17.6 Å². The van der Waals surface area contributed by atoms with Gasteiger partial charge in [0.05, 0.1) is 5.56 Å². The molecule has 0 radical (unpaired) electrons. The van der Waals surface area contributed by atoms with Crippen LogP contribution in [0.4, 0.5) is 17.6 Å². The summed E-state index contributed by atoms with van der Waals surface area (Å²) in [6.45, 7) is 1.43. The van der Waals surface area contributed by atoms with Gasteiger partial charge in [-0.1, -0.05) is 0 Å². The molecule has 1 aromatic carbocycles. The van der Waals surface area contributed by atoms with Gasteiger partial charge in [-0.3, -0.25) is 0 Å². The van der Waals surface area contributed by atoms with Crippen LogP contribution in [-0.2, 0) is 6.18 Å². The van der Waals surface area contributed by atoms with Gasteiger partial charge in [-0.05, 0) is 25.1 Å². The first-order valence-corrected chi connectivity index (χ1v) is 3.94. The monoisotopic (exact) mass is 243 g/mol. The lowest BCUT2D eigenvalue weighted by atomic mass is 10.0. The molecule has 1 rings (SSSR count). The van der Waals surface area contributed by atoms with E-state index >= 15 is 0 Å². The van der Waals surface area contributed by atoms with Crippen molar-refractivity contribution in [1.29, 1.82) is 0 Å². The van der Waals surface area contributed by atoms with Crippen LogP contribution >= 0.6 is 12.4 Å². The van der Waals surface area contributed by atoms with Gasteiger partial charge >= 0.3 is 6.18 Å². The maximum Gasteiger partial charge on any atom is 0.416 e. The molecule has 15 heavy (non-hydrogen) atoms. The van der Waals surface area contributed by atoms with Crippen molar-refractivity contribution in [3.63, 3.8) is 0 Å². The molecule has 86 valence electrons. The summed E-state index contributed by atoms with van der Waals surface area (Å²) in [6.07, 6.45) is -4.46. The standard InChI is InChI=1S/C9H9F4N.ClH/c1-5(14)7-4-6(9(11,12)13)2-3-8(7)10;/h2-5H,14H2,1H3;1H/t5-;/m1./s1. The summed E-state index contributed by atoms with van der Waals surface area (Å²) in [4.78, 5) is 0. The Kier molecular flexibility index (Phi) is 4.55. The van der Waals surface area contributed by atoms with E-state index in [1.54, 1.807) is 0 Å². The number of halogens is 5. The lowest BCUT2D eigenvalue weighted by molar-refractivity contribution is -0.137. The Morgan fingerprint density at radius 1 is 1.27 bits per heavy atom. The third-order valence-corrected chi connectivity index (χ3v) is 1.81. The van der Waals surface area contributed by atoms with E-state index in [0.29, 0.717) is 6.07 Å². The second-order valence-corrected chi connectivity index (χ2v) is 3.02. The van der Waals surface area contributed by atoms with Crippen LogP contribution in [0.2, 0.25) is 0 Å². The zero-order valence-electron chi connectivity index (χ0n) is 7.81. The molecule has 0 aliphatic heterocycles. The summed E-state index contributed by atoms with van der Waals surface area (Å²) >= 11 is 0. The summed E-state index contributed by atoms with van der Waals surface area (Å²) in [5.74, 6) is -0.715. The molecule has 2 N–H and O–H groups in total. The fraction of sp³-hybridized carbons (Fsp3) is 0.333. The predicted octanol–water partition coefficient (Wildman–Crippen LogP) is 3.29. The summed E-state index contributed by atoms with van der Waals surface area (Å²) in [5, 5.41) is 0. The third-order valence-electron chi connectivity index (χ3n) is 1.81. The lowest BCUT2D eigenvalue weighted by Gasteiger charge is -2.11. The van der Waals surface area contributed by atoms with E-state index in [-0.39, 0.29) is 18.0 Å². The molecule has 0 fully saturated rings. The fourth-order valence-electron chi connectivity index (χ4n) is 1.07. The molecule has 0 spiro atoms. The molecular weight excluding hydrogens is 234 g/mol. The van der Waals surface area contributed by atoms with Crippen LogP contribution in [0.1, 0.15) is 24.1 Å². The minimum atomic E-state index is -4.46. The Hall–Kier alpha value is -0.810. The van der Waals surface area contributed by atoms with Gasteiger partial charge in [0.2, 0.25) is 0 Å². The first kappa shape index (κ1) is 14.2. The van der Waals surface area contributed by atoms with Gasteiger partial charge in [-0.25, -0.2) is 4.39 Å². The number of rotatable bonds is 1. The van der Waals surface area contributed by atoms with Gasteiger partial charge in [0.15, 0.2) is 0 Å². The van der Waals surface area contributed by atoms with E-state index in [4.69, 9.17) is 5.73 Å². The SMILES string of the molecule is C[C@@H](N)c1cc(C(F)(F)F)ccc1F.Cl. The minimum absolute atomic E-state index is 0. The largest absolute Gasteiger partial charge is 0.416 e. The van der Waals surface area contributed by atoms with Crippen LogP contribution in [0.15, 0.2) is 18.2 Å². The molecular formula is C9H10ClF4N. The van der Waals surface area contributed by atoms with Crippen LogP contribution in [0.3, 0.4) is 0 Å². The second kappa shape index (κ2) is 4.81. The topological polar surface area (TPSA) is 26.0 Å². The molecule has 0 unspecified atom stereocenters. The quantitative estimate of drug-likeness (QED) is 0.753. The van der Waals surface area contributed by atoms with Gasteiger partial charge in [-0.2, -0.15) is 13.2 Å². The summed E-state index contributed by atoms with van der Waals surface area (Å²) in [7, 11) is 0. The molecule has 1 nitrogen and oxygen atoms in total. The van der Waals surface area contributed by atoms with E-state index < -0.39 is 23.6 Å². The lowest BCUT2D eigenvalue weighted by Crippen LogP contribution is -2.11. The third kappa shape index (κ3) is 3.35. The van der Waals surface area contributed by atoms with Crippen molar-refractivity contribution in [2.75, 3.05) is 0 Å². The number of hydrogen-bond donors (Lipinski definition) is 1. The number of nitrogens with two attached hydrogens (primary N) is 1. The highest BCUT2D eigenvalue weighted by Crippen LogP contribution is 2.31. The van der Waals surface area contributed by atoms with Crippen LogP contribution in [0.5, 0.6) is 0 Å². The Morgan fingerprint density at radius 3 is 2.20 bits per heavy atom. The molecule has 0 saturated heterocycles. The zero-order valence-corrected chi connectivity index (χ0v) is 8.62. The number of hydrogen-bond acceptors (Lipinski definition) is 1. The summed E-state index contributed by atoms with van der Waals surface area (Å²) < 4.78 is 49.6. The molecule has 0 bridgehead atoms. The van der Waals surface area contributed by atoms with Crippen molar-refractivity contribution in [3.05, 3.63) is 35.1 Å². The first-order valence-electron chi connectivity index (χ1n) is 3.94. The van der Waals surface area contributed by atoms with Crippen LogP contribution in [0, 0.1) is 5.82 Å². The van der Waals surface area contributed by atoms with Crippen LogP contribution < -0.4 is 5.73 Å². The molecule has 0 aromatic heterocycles. The smallest absolute Gasteiger partial charge is 0.324 e. The highest BCUT2D eigenvalue weighted by atomic mass is 35.5. The van der Waals surface area contributed by atoms with E-state index in [1.807, 2.05) is 0 Å². The van der Waals surface area contributed by atoms with Crippen molar-refractivity contribution in [2.24, 2.45) is 5.73 Å². The van der Waals surface area contributed by atoms with Crippen LogP contribution in [0.25, 0.3) is 0 Å². The number of alkyl halides is 3. The fourth-order valence-corrected chi connectivity index (χ4v) is 1.07. The van der Waals surface area contributed by atoms with E-state index in [2.05, 4.69) is 0 Å². The Labute approximate surface area is 90.7 Å². The Bertz CT molecular complexity index is 335. The minimum Gasteiger partial charge on any atom is -0.324 e. The average molecular weight is 244 g/mol. The van der Waals surface area contributed by atoms with Crippen molar-refractivity contribution in [2.45, 2.75) is 19.1 Å². The molecule has 1 aromatic rings. The summed E-state index contributed by atoms with van der Waals surface area (Å²) in [6, 6.07) is 1.46. The van der Waals surface area contributed by atoms with Crippen molar-refractivity contribution in [3.8, 4) is 0 Å². The Balaban J connectivity index is 0.00000196. The molecule has 6 heteroatoms. The Morgan fingerprint density at radius 2 is 1.80 bits per heavy atom. The molecule has 0 aliphatic rings. The maximum absolute atomic E-state index is 13.0. The molecule has 0 heterocycles. The van der Waals surface area contributed by atoms with Gasteiger partial charge < -0.3 is 5.73 Å².